The van der Waals surface area contributed by atoms with Crippen LogP contribution in [-0.2, 0) is 9.59 Å². The Morgan fingerprint density at radius 3 is 2.51 bits per heavy atom. The summed E-state index contributed by atoms with van der Waals surface area (Å²) in [5.74, 6) is 0.0213. The number of nitrogens with zero attached hydrogens (tertiary/aromatic N) is 2. The number of aliphatic hydroxyl groups excluding tert-OH is 1. The van der Waals surface area contributed by atoms with Gasteiger partial charge in [0, 0.05) is 11.6 Å². The highest BCUT2D eigenvalue weighted by Crippen LogP contribution is 2.43. The first-order valence-electron chi connectivity index (χ1n) is 11.1. The molecule has 1 atom stereocenters. The standard InChI is InChI=1S/C26H26N2O7/c1-5-11-34-18-8-6-7-16(13-18)23-22(24(29)17-9-10-19(32-3)20(14-17)33-4)25(30)26(31)28(23)21-12-15(2)35-27-21/h6-10,12-14,23,29H,5,11H2,1-4H3/t23-/m0/s1. The van der Waals surface area contributed by atoms with Gasteiger partial charge in [0.25, 0.3) is 5.78 Å². The van der Waals surface area contributed by atoms with Gasteiger partial charge in [0.2, 0.25) is 0 Å². The summed E-state index contributed by atoms with van der Waals surface area (Å²) in [6, 6.07) is 12.4. The minimum atomic E-state index is -0.960. The number of Topliss-reactive ketones (excluding diaryl/α,β-unsaturated/α-hetero) is 1. The second-order valence-corrected chi connectivity index (χ2v) is 7.96. The minimum absolute atomic E-state index is 0.0875. The molecule has 1 saturated heterocycles. The number of amides is 1. The second kappa shape index (κ2) is 9.92. The van der Waals surface area contributed by atoms with Crippen molar-refractivity contribution in [2.45, 2.75) is 26.3 Å². The fourth-order valence-corrected chi connectivity index (χ4v) is 3.98. The molecular formula is C26H26N2O7. The third kappa shape index (κ3) is 4.44. The molecule has 0 spiro atoms. The van der Waals surface area contributed by atoms with Crippen LogP contribution in [0.25, 0.3) is 5.76 Å². The first kappa shape index (κ1) is 23.9. The highest BCUT2D eigenvalue weighted by atomic mass is 16.5. The lowest BCUT2D eigenvalue weighted by molar-refractivity contribution is -0.132. The van der Waals surface area contributed by atoms with Gasteiger partial charge in [-0.2, -0.15) is 0 Å². The topological polar surface area (TPSA) is 111 Å². The maximum atomic E-state index is 13.3. The molecule has 1 aliphatic rings. The zero-order chi connectivity index (χ0) is 25.1. The normalized spacial score (nSPS) is 17.0. The van der Waals surface area contributed by atoms with E-state index in [-0.39, 0.29) is 17.2 Å². The quantitative estimate of drug-likeness (QED) is 0.288. The van der Waals surface area contributed by atoms with Gasteiger partial charge in [0.15, 0.2) is 17.3 Å². The number of carbonyl (C=O) groups excluding carboxylic acids is 2. The number of aromatic nitrogens is 1. The summed E-state index contributed by atoms with van der Waals surface area (Å²) in [7, 11) is 2.96. The summed E-state index contributed by atoms with van der Waals surface area (Å²) in [6.45, 7) is 4.19. The van der Waals surface area contributed by atoms with Crippen LogP contribution in [0.1, 0.15) is 36.3 Å². The van der Waals surface area contributed by atoms with E-state index in [0.29, 0.717) is 40.7 Å². The third-order valence-corrected chi connectivity index (χ3v) is 5.61. The second-order valence-electron chi connectivity index (χ2n) is 7.96. The van der Waals surface area contributed by atoms with Crippen LogP contribution in [0.5, 0.6) is 17.2 Å². The van der Waals surface area contributed by atoms with Crippen LogP contribution >= 0.6 is 0 Å². The van der Waals surface area contributed by atoms with Gasteiger partial charge in [-0.15, -0.1) is 0 Å². The SMILES string of the molecule is CCCOc1cccc([C@H]2C(=C(O)c3ccc(OC)c(OC)c3)C(=O)C(=O)N2c2cc(C)on2)c1. The van der Waals surface area contributed by atoms with Gasteiger partial charge in [-0.25, -0.2) is 0 Å². The molecule has 2 aromatic carbocycles. The van der Waals surface area contributed by atoms with E-state index in [9.17, 15) is 14.7 Å². The third-order valence-electron chi connectivity index (χ3n) is 5.61. The van der Waals surface area contributed by atoms with Crippen LogP contribution in [0, 0.1) is 6.92 Å². The number of hydrogen-bond donors (Lipinski definition) is 1. The highest BCUT2D eigenvalue weighted by molar-refractivity contribution is 6.51. The molecule has 3 aromatic rings. The lowest BCUT2D eigenvalue weighted by Gasteiger charge is -2.23. The van der Waals surface area contributed by atoms with E-state index < -0.39 is 17.7 Å². The van der Waals surface area contributed by atoms with Gasteiger partial charge in [-0.05, 0) is 49.2 Å². The van der Waals surface area contributed by atoms with Crippen LogP contribution in [0.3, 0.4) is 0 Å². The number of rotatable bonds is 8. The number of ketones is 1. The molecular weight excluding hydrogens is 452 g/mol. The van der Waals surface area contributed by atoms with Gasteiger partial charge in [0.1, 0.15) is 17.3 Å². The van der Waals surface area contributed by atoms with Crippen LogP contribution in [-0.4, -0.2) is 42.8 Å². The maximum absolute atomic E-state index is 13.3. The van der Waals surface area contributed by atoms with E-state index in [1.165, 1.54) is 19.1 Å². The van der Waals surface area contributed by atoms with E-state index in [1.54, 1.807) is 55.5 Å². The van der Waals surface area contributed by atoms with Crippen molar-refractivity contribution in [1.29, 1.82) is 0 Å². The average molecular weight is 479 g/mol. The number of benzene rings is 2. The fraction of sp³-hybridized carbons (Fsp3) is 0.269. The molecule has 4 rings (SSSR count). The number of aryl methyl sites for hydroxylation is 1. The van der Waals surface area contributed by atoms with Gasteiger partial charge >= 0.3 is 5.91 Å². The van der Waals surface area contributed by atoms with Crippen molar-refractivity contribution in [3.63, 3.8) is 0 Å². The molecule has 9 heteroatoms. The summed E-state index contributed by atoms with van der Waals surface area (Å²) in [5, 5.41) is 15.3. The Labute approximate surface area is 202 Å². The molecule has 0 unspecified atom stereocenters. The Bertz CT molecular complexity index is 1290. The molecule has 35 heavy (non-hydrogen) atoms. The van der Waals surface area contributed by atoms with Gasteiger partial charge in [-0.1, -0.05) is 24.2 Å². The lowest BCUT2D eigenvalue weighted by Crippen LogP contribution is -2.29. The smallest absolute Gasteiger partial charge is 0.301 e. The molecule has 9 nitrogen and oxygen atoms in total. The number of ether oxygens (including phenoxy) is 3. The van der Waals surface area contributed by atoms with Crippen LogP contribution in [0.15, 0.2) is 58.6 Å². The molecule has 2 heterocycles. The Morgan fingerprint density at radius 2 is 1.86 bits per heavy atom. The summed E-state index contributed by atoms with van der Waals surface area (Å²) in [6.07, 6.45) is 0.820. The van der Waals surface area contributed by atoms with Crippen molar-refractivity contribution < 1.29 is 33.4 Å². The number of aliphatic hydroxyl groups is 1. The number of hydrogen-bond acceptors (Lipinski definition) is 8. The monoisotopic (exact) mass is 478 g/mol. The van der Waals surface area contributed by atoms with Crippen molar-refractivity contribution in [2.24, 2.45) is 0 Å². The molecule has 1 amide bonds. The molecule has 1 aromatic heterocycles. The van der Waals surface area contributed by atoms with Crippen molar-refractivity contribution in [3.8, 4) is 17.2 Å². The first-order valence-corrected chi connectivity index (χ1v) is 11.1. The number of carbonyl (C=O) groups is 2. The predicted molar refractivity (Wildman–Crippen MR) is 128 cm³/mol. The Balaban J connectivity index is 1.91. The fourth-order valence-electron chi connectivity index (χ4n) is 3.98. The summed E-state index contributed by atoms with van der Waals surface area (Å²) < 4.78 is 21.5. The largest absolute Gasteiger partial charge is 0.507 e. The molecule has 0 saturated carbocycles. The Hall–Kier alpha value is -4.27. The zero-order valence-corrected chi connectivity index (χ0v) is 19.9. The van der Waals surface area contributed by atoms with E-state index in [0.717, 1.165) is 6.42 Å². The van der Waals surface area contributed by atoms with Crippen molar-refractivity contribution >= 4 is 23.3 Å². The molecule has 1 fully saturated rings. The maximum Gasteiger partial charge on any atom is 0.301 e. The Morgan fingerprint density at radius 1 is 1.09 bits per heavy atom. The zero-order valence-electron chi connectivity index (χ0n) is 19.9. The van der Waals surface area contributed by atoms with Crippen LogP contribution < -0.4 is 19.1 Å². The molecule has 0 radical (unpaired) electrons. The van der Waals surface area contributed by atoms with E-state index in [4.69, 9.17) is 18.7 Å². The molecule has 182 valence electrons. The van der Waals surface area contributed by atoms with E-state index >= 15 is 0 Å². The number of anilines is 1. The molecule has 0 bridgehead atoms. The van der Waals surface area contributed by atoms with Gasteiger partial charge in [0.05, 0.1) is 32.4 Å². The number of methoxy groups -OCH3 is 2. The predicted octanol–water partition coefficient (Wildman–Crippen LogP) is 4.42. The van der Waals surface area contributed by atoms with E-state index in [2.05, 4.69) is 5.16 Å². The lowest BCUT2D eigenvalue weighted by atomic mass is 9.95. The Kier molecular flexibility index (Phi) is 6.77. The summed E-state index contributed by atoms with van der Waals surface area (Å²) >= 11 is 0. The molecule has 0 aliphatic carbocycles. The first-order chi connectivity index (χ1) is 16.9. The van der Waals surface area contributed by atoms with Gasteiger partial charge < -0.3 is 23.8 Å². The molecule has 1 N–H and O–H groups in total. The average Bonchev–Trinajstić information content (AvgIpc) is 3.42. The van der Waals surface area contributed by atoms with Crippen LogP contribution in [0.2, 0.25) is 0 Å². The molecule has 1 aliphatic heterocycles. The van der Waals surface area contributed by atoms with Crippen molar-refractivity contribution in [3.05, 3.63) is 71.0 Å². The van der Waals surface area contributed by atoms with E-state index in [1.807, 2.05) is 6.92 Å². The highest BCUT2D eigenvalue weighted by Gasteiger charge is 2.48. The summed E-state index contributed by atoms with van der Waals surface area (Å²) in [4.78, 5) is 27.7. The van der Waals surface area contributed by atoms with Crippen molar-refractivity contribution in [1.82, 2.24) is 5.16 Å². The minimum Gasteiger partial charge on any atom is -0.507 e. The summed E-state index contributed by atoms with van der Waals surface area (Å²) in [5.41, 5.74) is 0.774. The van der Waals surface area contributed by atoms with Crippen LogP contribution in [0.4, 0.5) is 5.82 Å². The van der Waals surface area contributed by atoms with Crippen molar-refractivity contribution in [2.75, 3.05) is 25.7 Å². The van der Waals surface area contributed by atoms with Gasteiger partial charge in [-0.3, -0.25) is 14.5 Å².